The highest BCUT2D eigenvalue weighted by Gasteiger charge is 2.38. The summed E-state index contributed by atoms with van der Waals surface area (Å²) in [6.07, 6.45) is 0.987. The van der Waals surface area contributed by atoms with Crippen LogP contribution < -0.4 is 0 Å². The maximum absolute atomic E-state index is 10.4. The first-order chi connectivity index (χ1) is 6.09. The molecule has 4 nitrogen and oxygen atoms in total. The fourth-order valence-corrected chi connectivity index (χ4v) is 1.17. The van der Waals surface area contributed by atoms with Gasteiger partial charge in [-0.2, -0.15) is 0 Å². The fourth-order valence-electron chi connectivity index (χ4n) is 1.17. The number of rotatable bonds is 4. The summed E-state index contributed by atoms with van der Waals surface area (Å²) in [6, 6.07) is 0. The summed E-state index contributed by atoms with van der Waals surface area (Å²) in [5, 5.41) is 0. The Hall–Kier alpha value is -1.06. The summed E-state index contributed by atoms with van der Waals surface area (Å²) >= 11 is 0. The van der Waals surface area contributed by atoms with E-state index in [1.165, 1.54) is 13.8 Å². The molecule has 0 bridgehead atoms. The van der Waals surface area contributed by atoms with Crippen molar-refractivity contribution in [2.24, 2.45) is 11.8 Å². The largest absolute Gasteiger partial charge is 0.466 e. The molecule has 2 atom stereocenters. The maximum Gasteiger partial charge on any atom is 0.302 e. The molecule has 1 rings (SSSR count). The van der Waals surface area contributed by atoms with Crippen LogP contribution in [0.1, 0.15) is 20.3 Å². The second-order valence-corrected chi connectivity index (χ2v) is 3.36. The molecule has 0 heterocycles. The van der Waals surface area contributed by atoms with Crippen molar-refractivity contribution in [3.8, 4) is 0 Å². The van der Waals surface area contributed by atoms with Gasteiger partial charge in [-0.05, 0) is 18.3 Å². The number of ether oxygens (including phenoxy) is 2. The Morgan fingerprint density at radius 3 is 1.77 bits per heavy atom. The first kappa shape index (κ1) is 10.0. The first-order valence-electron chi connectivity index (χ1n) is 4.36. The van der Waals surface area contributed by atoms with E-state index >= 15 is 0 Å². The zero-order valence-electron chi connectivity index (χ0n) is 7.91. The van der Waals surface area contributed by atoms with Gasteiger partial charge in [-0.3, -0.25) is 9.59 Å². The van der Waals surface area contributed by atoms with Gasteiger partial charge in [-0.15, -0.1) is 0 Å². The van der Waals surface area contributed by atoms with Crippen LogP contribution in [-0.2, 0) is 19.1 Å². The minimum absolute atomic E-state index is 0.252. The van der Waals surface area contributed by atoms with Crippen molar-refractivity contribution >= 4 is 11.9 Å². The zero-order valence-corrected chi connectivity index (χ0v) is 7.91. The Morgan fingerprint density at radius 1 is 1.08 bits per heavy atom. The predicted octanol–water partition coefficient (Wildman–Crippen LogP) is 0.749. The molecule has 1 saturated carbocycles. The minimum Gasteiger partial charge on any atom is -0.466 e. The first-order valence-corrected chi connectivity index (χ1v) is 4.36. The molecule has 0 radical (unpaired) electrons. The quantitative estimate of drug-likeness (QED) is 0.608. The van der Waals surface area contributed by atoms with Gasteiger partial charge >= 0.3 is 11.9 Å². The van der Waals surface area contributed by atoms with E-state index in [1.54, 1.807) is 0 Å². The van der Waals surface area contributed by atoms with Crippen LogP contribution in [0.5, 0.6) is 0 Å². The van der Waals surface area contributed by atoms with Gasteiger partial charge in [0.25, 0.3) is 0 Å². The Bertz CT molecular complexity index is 190. The Morgan fingerprint density at radius 2 is 1.46 bits per heavy atom. The predicted molar refractivity (Wildman–Crippen MR) is 44.9 cm³/mol. The smallest absolute Gasteiger partial charge is 0.302 e. The number of carbonyl (C=O) groups is 2. The summed E-state index contributed by atoms with van der Waals surface area (Å²) in [5.41, 5.74) is 0. The van der Waals surface area contributed by atoms with Crippen LogP contribution >= 0.6 is 0 Å². The normalized spacial score (nSPS) is 25.1. The summed E-state index contributed by atoms with van der Waals surface area (Å²) in [7, 11) is 0. The highest BCUT2D eigenvalue weighted by atomic mass is 16.5. The molecule has 1 fully saturated rings. The van der Waals surface area contributed by atoms with Crippen molar-refractivity contribution in [3.63, 3.8) is 0 Å². The van der Waals surface area contributed by atoms with E-state index in [0.717, 1.165) is 6.42 Å². The van der Waals surface area contributed by atoms with Crippen LogP contribution in [0.2, 0.25) is 0 Å². The topological polar surface area (TPSA) is 52.6 Å². The van der Waals surface area contributed by atoms with Crippen molar-refractivity contribution < 1.29 is 19.1 Å². The molecule has 0 aromatic carbocycles. The standard InChI is InChI=1S/C9H14O4/c1-6(10)12-4-8-3-9(8)5-13-7(2)11/h8-9H,3-5H2,1-2H3. The van der Waals surface area contributed by atoms with E-state index in [-0.39, 0.29) is 11.9 Å². The summed E-state index contributed by atoms with van der Waals surface area (Å²) in [6.45, 7) is 3.70. The van der Waals surface area contributed by atoms with Crippen LogP contribution in [0.25, 0.3) is 0 Å². The van der Waals surface area contributed by atoms with Gasteiger partial charge in [-0.25, -0.2) is 0 Å². The molecule has 74 valence electrons. The molecular formula is C9H14O4. The Kier molecular flexibility index (Phi) is 3.28. The van der Waals surface area contributed by atoms with Crippen LogP contribution in [0.3, 0.4) is 0 Å². The third-order valence-corrected chi connectivity index (χ3v) is 2.07. The monoisotopic (exact) mass is 186 g/mol. The van der Waals surface area contributed by atoms with E-state index < -0.39 is 0 Å². The highest BCUT2D eigenvalue weighted by molar-refractivity contribution is 5.66. The van der Waals surface area contributed by atoms with E-state index in [9.17, 15) is 9.59 Å². The van der Waals surface area contributed by atoms with Crippen LogP contribution in [0.4, 0.5) is 0 Å². The molecule has 1 aliphatic carbocycles. The van der Waals surface area contributed by atoms with Gasteiger partial charge in [0.05, 0.1) is 13.2 Å². The van der Waals surface area contributed by atoms with Gasteiger partial charge in [0.1, 0.15) is 0 Å². The average Bonchev–Trinajstić information content (AvgIpc) is 2.76. The Labute approximate surface area is 77.2 Å². The van der Waals surface area contributed by atoms with Crippen molar-refractivity contribution in [2.45, 2.75) is 20.3 Å². The van der Waals surface area contributed by atoms with Gasteiger partial charge in [0.15, 0.2) is 0 Å². The van der Waals surface area contributed by atoms with Crippen LogP contribution in [0, 0.1) is 11.8 Å². The Balaban J connectivity index is 2.02. The fraction of sp³-hybridized carbons (Fsp3) is 0.778. The molecule has 0 spiro atoms. The molecule has 0 aromatic rings. The second-order valence-electron chi connectivity index (χ2n) is 3.36. The van der Waals surface area contributed by atoms with E-state index in [2.05, 4.69) is 0 Å². The summed E-state index contributed by atoms with van der Waals surface area (Å²) < 4.78 is 9.65. The SMILES string of the molecule is CC(=O)OCC1CC1COC(C)=O. The maximum atomic E-state index is 10.4. The third kappa shape index (κ3) is 3.92. The minimum atomic E-state index is -0.252. The van der Waals surface area contributed by atoms with Gasteiger partial charge < -0.3 is 9.47 Å². The van der Waals surface area contributed by atoms with Gasteiger partial charge in [0.2, 0.25) is 0 Å². The van der Waals surface area contributed by atoms with Crippen molar-refractivity contribution in [1.29, 1.82) is 0 Å². The van der Waals surface area contributed by atoms with E-state index in [0.29, 0.717) is 25.0 Å². The summed E-state index contributed by atoms with van der Waals surface area (Å²) in [4.78, 5) is 20.9. The molecule has 0 saturated heterocycles. The third-order valence-electron chi connectivity index (χ3n) is 2.07. The number of hydrogen-bond donors (Lipinski definition) is 0. The number of carbonyl (C=O) groups excluding carboxylic acids is 2. The molecule has 0 aromatic heterocycles. The molecule has 13 heavy (non-hydrogen) atoms. The van der Waals surface area contributed by atoms with Crippen molar-refractivity contribution in [2.75, 3.05) is 13.2 Å². The lowest BCUT2D eigenvalue weighted by atomic mass is 10.3. The molecule has 2 unspecified atom stereocenters. The lowest BCUT2D eigenvalue weighted by Crippen LogP contribution is -2.07. The van der Waals surface area contributed by atoms with Crippen LogP contribution in [0.15, 0.2) is 0 Å². The van der Waals surface area contributed by atoms with E-state index in [4.69, 9.17) is 9.47 Å². The van der Waals surface area contributed by atoms with Crippen molar-refractivity contribution in [3.05, 3.63) is 0 Å². The van der Waals surface area contributed by atoms with Crippen molar-refractivity contribution in [1.82, 2.24) is 0 Å². The number of hydrogen-bond acceptors (Lipinski definition) is 4. The second kappa shape index (κ2) is 4.25. The molecular weight excluding hydrogens is 172 g/mol. The van der Waals surface area contributed by atoms with Crippen LogP contribution in [-0.4, -0.2) is 25.2 Å². The molecule has 0 aliphatic heterocycles. The van der Waals surface area contributed by atoms with Gasteiger partial charge in [0, 0.05) is 13.8 Å². The lowest BCUT2D eigenvalue weighted by molar-refractivity contribution is -0.143. The molecule has 4 heteroatoms. The number of esters is 2. The summed E-state index contributed by atoms with van der Waals surface area (Å²) in [5.74, 6) is 0.280. The molecule has 1 aliphatic rings. The highest BCUT2D eigenvalue weighted by Crippen LogP contribution is 2.38. The molecule has 0 N–H and O–H groups in total. The average molecular weight is 186 g/mol. The van der Waals surface area contributed by atoms with Gasteiger partial charge in [-0.1, -0.05) is 0 Å². The van der Waals surface area contributed by atoms with E-state index in [1.807, 2.05) is 0 Å². The lowest BCUT2D eigenvalue weighted by Gasteiger charge is -2.01. The molecule has 0 amide bonds. The zero-order chi connectivity index (χ0) is 9.84.